The number of hydrogen-bond donors (Lipinski definition) is 0. The van der Waals surface area contributed by atoms with Gasteiger partial charge in [-0.15, -0.1) is 0 Å². The van der Waals surface area contributed by atoms with Gasteiger partial charge in [0.2, 0.25) is 0 Å². The van der Waals surface area contributed by atoms with Gasteiger partial charge in [0, 0.05) is 10.6 Å². The van der Waals surface area contributed by atoms with E-state index < -0.39 is 38.5 Å². The van der Waals surface area contributed by atoms with Crippen LogP contribution < -0.4 is 5.56 Å². The summed E-state index contributed by atoms with van der Waals surface area (Å²) in [7, 11) is 2.80. The van der Waals surface area contributed by atoms with Gasteiger partial charge in [-0.2, -0.15) is 13.2 Å². The van der Waals surface area contributed by atoms with Crippen molar-refractivity contribution in [2.24, 2.45) is 0 Å². The fourth-order valence-corrected chi connectivity index (χ4v) is 4.61. The molecule has 1 amide bonds. The first kappa shape index (κ1) is 29.8. The maximum absolute atomic E-state index is 13.9. The van der Waals surface area contributed by atoms with Gasteiger partial charge in [-0.25, -0.2) is 4.98 Å². The van der Waals surface area contributed by atoms with Crippen LogP contribution in [-0.4, -0.2) is 52.2 Å². The van der Waals surface area contributed by atoms with Crippen LogP contribution in [0, 0.1) is 5.21 Å². The van der Waals surface area contributed by atoms with Crippen LogP contribution in [0.4, 0.5) is 13.2 Å². The average Bonchev–Trinajstić information content (AvgIpc) is 2.84. The molecule has 0 aliphatic rings. The van der Waals surface area contributed by atoms with E-state index in [0.717, 1.165) is 4.57 Å². The van der Waals surface area contributed by atoms with Gasteiger partial charge >= 0.3 is 6.18 Å². The molecule has 0 saturated heterocycles. The summed E-state index contributed by atoms with van der Waals surface area (Å²) in [5.41, 5.74) is -1.41. The van der Waals surface area contributed by atoms with Crippen molar-refractivity contribution in [3.8, 4) is 0 Å². The minimum Gasteiger partial charge on any atom is -0.633 e. The third-order valence-electron chi connectivity index (χ3n) is 5.89. The predicted octanol–water partition coefficient (Wildman–Crippen LogP) is 5.89. The molecule has 1 aromatic heterocycles. The van der Waals surface area contributed by atoms with E-state index in [1.165, 1.54) is 43.3 Å². The number of quaternary nitrogens is 1. The van der Waals surface area contributed by atoms with Gasteiger partial charge in [0.25, 0.3) is 11.5 Å². The van der Waals surface area contributed by atoms with Gasteiger partial charge < -0.3 is 14.8 Å². The predicted molar refractivity (Wildman–Crippen MR) is 143 cm³/mol. The Morgan fingerprint density at radius 2 is 1.76 bits per heavy atom. The summed E-state index contributed by atoms with van der Waals surface area (Å²) >= 11 is 8.76. The largest absolute Gasteiger partial charge is 0.633 e. The van der Waals surface area contributed by atoms with E-state index in [0.29, 0.717) is 10.6 Å². The zero-order chi connectivity index (χ0) is 28.3. The van der Waals surface area contributed by atoms with Crippen molar-refractivity contribution < 1.29 is 22.6 Å². The van der Waals surface area contributed by atoms with Crippen LogP contribution in [0.1, 0.15) is 46.8 Å². The van der Waals surface area contributed by atoms with E-state index in [9.17, 15) is 28.0 Å². The van der Waals surface area contributed by atoms with Crippen molar-refractivity contribution in [1.82, 2.24) is 14.5 Å². The molecule has 0 radical (unpaired) electrons. The molecule has 2 aromatic carbocycles. The number of alkyl halides is 3. The summed E-state index contributed by atoms with van der Waals surface area (Å²) < 4.78 is 41.5. The van der Waals surface area contributed by atoms with Gasteiger partial charge in [0.05, 0.1) is 39.8 Å². The number of carbonyl (C=O) groups is 1. The summed E-state index contributed by atoms with van der Waals surface area (Å²) in [6.45, 7) is 1.48. The number of hydroxylamine groups is 3. The van der Waals surface area contributed by atoms with Gasteiger partial charge in [-0.1, -0.05) is 48.9 Å². The molecule has 1 heterocycles. The minimum absolute atomic E-state index is 0.0403. The molecule has 204 valence electrons. The highest BCUT2D eigenvalue weighted by Gasteiger charge is 2.39. The Kier molecular flexibility index (Phi) is 9.40. The van der Waals surface area contributed by atoms with Crippen LogP contribution >= 0.6 is 27.5 Å². The van der Waals surface area contributed by atoms with Crippen LogP contribution in [0.25, 0.3) is 0 Å². The number of rotatable bonds is 9. The quantitative estimate of drug-likeness (QED) is 0.222. The van der Waals surface area contributed by atoms with Crippen molar-refractivity contribution in [2.45, 2.75) is 32.1 Å². The lowest BCUT2D eigenvalue weighted by molar-refractivity contribution is -0.839. The van der Waals surface area contributed by atoms with Gasteiger partial charge in [0.15, 0.2) is 5.69 Å². The lowest BCUT2D eigenvalue weighted by Gasteiger charge is -2.38. The average molecular weight is 616 g/mol. The molecule has 1 atom stereocenters. The standard InChI is InChI=1S/C26H27BrClF3N4O3/c1-4-20(33(14-15-35(2,3)38)24(36)18-10-12-19(28)13-11-18)23-32-22(26(29,30)31)21(27)25(37)34(23)16-17-8-6-5-7-9-17/h5-13,20H,4,14-16H2,1-3H3. The number of carbonyl (C=O) groups excluding carboxylic acids is 1. The second kappa shape index (κ2) is 12.0. The van der Waals surface area contributed by atoms with Crippen molar-refractivity contribution in [1.29, 1.82) is 0 Å². The SMILES string of the molecule is CCC(c1nc(C(F)(F)F)c(Br)c(=O)n1Cc1ccccc1)N(CC[N+](C)(C)[O-])C(=O)c1ccc(Cl)cc1. The first-order valence-electron chi connectivity index (χ1n) is 11.7. The highest BCUT2D eigenvalue weighted by atomic mass is 79.9. The molecule has 0 saturated carbocycles. The van der Waals surface area contributed by atoms with Crippen molar-refractivity contribution >= 4 is 33.4 Å². The highest BCUT2D eigenvalue weighted by Crippen LogP contribution is 2.34. The van der Waals surface area contributed by atoms with E-state index in [4.69, 9.17) is 11.6 Å². The van der Waals surface area contributed by atoms with Gasteiger partial charge in [-0.05, 0) is 52.2 Å². The summed E-state index contributed by atoms with van der Waals surface area (Å²) in [6.07, 6.45) is -4.79. The number of likely N-dealkylation sites (N-methyl/N-ethyl adjacent to an activating group) is 1. The number of amides is 1. The second-order valence-electron chi connectivity index (χ2n) is 9.23. The van der Waals surface area contributed by atoms with Gasteiger partial charge in [-0.3, -0.25) is 14.2 Å². The Labute approximate surface area is 231 Å². The Bertz CT molecular complexity index is 1330. The van der Waals surface area contributed by atoms with E-state index in [1.807, 2.05) is 0 Å². The molecule has 0 spiro atoms. The normalized spacial score (nSPS) is 12.9. The van der Waals surface area contributed by atoms with Crippen molar-refractivity contribution in [3.05, 3.63) is 102 Å². The van der Waals surface area contributed by atoms with E-state index >= 15 is 0 Å². The van der Waals surface area contributed by atoms with Crippen LogP contribution in [0.15, 0.2) is 63.9 Å². The second-order valence-corrected chi connectivity index (χ2v) is 10.5. The summed E-state index contributed by atoms with van der Waals surface area (Å²) in [4.78, 5) is 32.2. The minimum atomic E-state index is -4.92. The number of halogens is 5. The number of benzene rings is 2. The van der Waals surface area contributed by atoms with Crippen LogP contribution in [0.5, 0.6) is 0 Å². The maximum atomic E-state index is 13.9. The Morgan fingerprint density at radius 3 is 2.29 bits per heavy atom. The smallest absolute Gasteiger partial charge is 0.434 e. The lowest BCUT2D eigenvalue weighted by atomic mass is 10.1. The number of hydrogen-bond acceptors (Lipinski definition) is 4. The number of nitrogens with zero attached hydrogens (tertiary/aromatic N) is 4. The molecular formula is C26H27BrClF3N4O3. The Morgan fingerprint density at radius 1 is 1.16 bits per heavy atom. The first-order valence-corrected chi connectivity index (χ1v) is 12.9. The highest BCUT2D eigenvalue weighted by molar-refractivity contribution is 9.10. The van der Waals surface area contributed by atoms with Gasteiger partial charge in [0.1, 0.15) is 10.3 Å². The Hall–Kier alpha value is -2.73. The van der Waals surface area contributed by atoms with Crippen LogP contribution in [0.3, 0.4) is 0 Å². The molecule has 0 aliphatic heterocycles. The third-order valence-corrected chi connectivity index (χ3v) is 6.85. The van der Waals surface area contributed by atoms with Crippen LogP contribution in [-0.2, 0) is 12.7 Å². The lowest BCUT2D eigenvalue weighted by Crippen LogP contribution is -2.46. The molecule has 3 rings (SSSR count). The zero-order valence-electron chi connectivity index (χ0n) is 21.0. The molecule has 3 aromatic rings. The fraction of sp³-hybridized carbons (Fsp3) is 0.346. The summed E-state index contributed by atoms with van der Waals surface area (Å²) in [6, 6.07) is 13.7. The molecule has 0 bridgehead atoms. The molecule has 12 heteroatoms. The zero-order valence-corrected chi connectivity index (χ0v) is 23.3. The van der Waals surface area contributed by atoms with E-state index in [-0.39, 0.29) is 37.4 Å². The Balaban J connectivity index is 2.24. The number of aromatic nitrogens is 2. The molecular weight excluding hydrogens is 589 g/mol. The fourth-order valence-electron chi connectivity index (χ4n) is 3.96. The molecule has 0 fully saturated rings. The molecule has 0 aliphatic carbocycles. The molecule has 7 nitrogen and oxygen atoms in total. The van der Waals surface area contributed by atoms with Crippen LogP contribution in [0.2, 0.25) is 5.02 Å². The molecule has 0 N–H and O–H groups in total. The summed E-state index contributed by atoms with van der Waals surface area (Å²) in [5, 5.41) is 12.8. The maximum Gasteiger partial charge on any atom is 0.434 e. The van der Waals surface area contributed by atoms with Crippen molar-refractivity contribution in [2.75, 3.05) is 27.2 Å². The van der Waals surface area contributed by atoms with E-state index in [1.54, 1.807) is 37.3 Å². The van der Waals surface area contributed by atoms with Crippen molar-refractivity contribution in [3.63, 3.8) is 0 Å². The molecule has 38 heavy (non-hydrogen) atoms. The molecule has 1 unspecified atom stereocenters. The van der Waals surface area contributed by atoms with E-state index in [2.05, 4.69) is 20.9 Å². The third kappa shape index (κ3) is 7.22. The monoisotopic (exact) mass is 614 g/mol. The first-order chi connectivity index (χ1) is 17.7. The summed E-state index contributed by atoms with van der Waals surface area (Å²) in [5.74, 6) is -0.755. The topological polar surface area (TPSA) is 78.3 Å².